The highest BCUT2D eigenvalue weighted by Crippen LogP contribution is 2.32. The minimum absolute atomic E-state index is 1.18. The summed E-state index contributed by atoms with van der Waals surface area (Å²) >= 11 is 0. The first-order valence-corrected chi connectivity index (χ1v) is 2.22. The fraction of sp³-hybridized carbons (Fsp3) is 0.200. The molecule has 0 nitrogen and oxygen atoms in total. The van der Waals surface area contributed by atoms with Gasteiger partial charge < -0.3 is 0 Å². The molecule has 2 rings (SSSR count). The van der Waals surface area contributed by atoms with Crippen molar-refractivity contribution in [3.8, 4) is 0 Å². The monoisotopic (exact) mass is 75.0 g/mol. The van der Waals surface area contributed by atoms with Gasteiger partial charge in [-0.15, -0.1) is 0 Å². The molecule has 0 saturated heterocycles. The highest BCUT2D eigenvalue weighted by molar-refractivity contribution is 6.52. The Morgan fingerprint density at radius 3 is 2.83 bits per heavy atom. The Balaban J connectivity index is 2.46. The van der Waals surface area contributed by atoms with Crippen LogP contribution in [0.4, 0.5) is 0 Å². The van der Waals surface area contributed by atoms with E-state index in [0.29, 0.717) is 0 Å². The molecular weight excluding hydrogens is 70.9 g/mol. The number of allylic oxidation sites excluding steroid dienone is 4. The molecule has 1 aliphatic heterocycles. The molecule has 0 aromatic rings. The Morgan fingerprint density at radius 2 is 2.67 bits per heavy atom. The van der Waals surface area contributed by atoms with Crippen molar-refractivity contribution in [1.29, 1.82) is 0 Å². The van der Waals surface area contributed by atoms with Crippen LogP contribution in [-0.4, -0.2) is 7.28 Å². The lowest BCUT2D eigenvalue weighted by Crippen LogP contribution is -1.73. The van der Waals surface area contributed by atoms with E-state index in [4.69, 9.17) is 0 Å². The van der Waals surface area contributed by atoms with Gasteiger partial charge in [-0.05, 0) is 5.57 Å². The molecule has 0 amide bonds. The zero-order valence-electron chi connectivity index (χ0n) is 3.44. The van der Waals surface area contributed by atoms with Gasteiger partial charge in [0.25, 0.3) is 0 Å². The molecule has 0 aromatic heterocycles. The second-order valence-corrected chi connectivity index (χ2v) is 1.70. The number of rotatable bonds is 0. The summed E-state index contributed by atoms with van der Waals surface area (Å²) in [6, 6.07) is 0. The molecule has 0 spiro atoms. The largest absolute Gasteiger partial charge is 0.156 e. The minimum atomic E-state index is 1.18. The van der Waals surface area contributed by atoms with Gasteiger partial charge in [-0.1, -0.05) is 23.9 Å². The van der Waals surface area contributed by atoms with Crippen LogP contribution in [-0.2, 0) is 0 Å². The first kappa shape index (κ1) is 2.67. The van der Waals surface area contributed by atoms with Gasteiger partial charge in [-0.25, -0.2) is 0 Å². The topological polar surface area (TPSA) is 0 Å². The van der Waals surface area contributed by atoms with Crippen molar-refractivity contribution in [2.45, 2.75) is 6.32 Å². The molecule has 0 bridgehead atoms. The second-order valence-electron chi connectivity index (χ2n) is 1.70. The van der Waals surface area contributed by atoms with E-state index in [1.54, 1.807) is 0 Å². The van der Waals surface area contributed by atoms with Crippen molar-refractivity contribution in [3.05, 3.63) is 23.2 Å². The van der Waals surface area contributed by atoms with Crippen LogP contribution in [0.15, 0.2) is 23.2 Å². The van der Waals surface area contributed by atoms with Crippen molar-refractivity contribution >= 4 is 7.28 Å². The van der Waals surface area contributed by atoms with Crippen LogP contribution >= 0.6 is 0 Å². The average molecular weight is 74.9 g/mol. The molecule has 0 aromatic carbocycles. The van der Waals surface area contributed by atoms with Crippen LogP contribution in [0.3, 0.4) is 0 Å². The third kappa shape index (κ3) is 0.172. The maximum absolute atomic E-state index is 2.25. The highest BCUT2D eigenvalue weighted by atomic mass is 14.1. The molecule has 1 radical (unpaired) electrons. The van der Waals surface area contributed by atoms with Gasteiger partial charge in [0.2, 0.25) is 0 Å². The highest BCUT2D eigenvalue weighted by Gasteiger charge is 2.19. The standard InChI is InChI=1S/C5H4B/c1-2-6-5-3-4(1)5/h1,3H,2H2. The van der Waals surface area contributed by atoms with Crippen LogP contribution in [0, 0.1) is 0 Å². The summed E-state index contributed by atoms with van der Waals surface area (Å²) in [7, 11) is 2.25. The first-order valence-electron chi connectivity index (χ1n) is 2.22. The third-order valence-corrected chi connectivity index (χ3v) is 1.24. The first-order chi connectivity index (χ1) is 2.97. The molecule has 0 unspecified atom stereocenters. The predicted octanol–water partition coefficient (Wildman–Crippen LogP) is 0.946. The Hall–Kier alpha value is -0.455. The predicted molar refractivity (Wildman–Crippen MR) is 26.7 cm³/mol. The van der Waals surface area contributed by atoms with E-state index in [-0.39, 0.29) is 0 Å². The normalized spacial score (nSPS) is 24.0. The van der Waals surface area contributed by atoms with Gasteiger partial charge in [-0.2, -0.15) is 0 Å². The van der Waals surface area contributed by atoms with Gasteiger partial charge in [0.1, 0.15) is 0 Å². The summed E-state index contributed by atoms with van der Waals surface area (Å²) in [6.45, 7) is 0. The zero-order chi connectivity index (χ0) is 3.98. The third-order valence-electron chi connectivity index (χ3n) is 1.24. The minimum Gasteiger partial charge on any atom is -0.0852 e. The molecule has 1 heteroatoms. The van der Waals surface area contributed by atoms with Crippen LogP contribution in [0.1, 0.15) is 0 Å². The van der Waals surface area contributed by atoms with E-state index in [1.807, 2.05) is 0 Å². The van der Waals surface area contributed by atoms with E-state index < -0.39 is 0 Å². The molecular formula is C5H4B. The molecule has 27 valence electrons. The summed E-state index contributed by atoms with van der Waals surface area (Å²) in [5, 5.41) is 0. The van der Waals surface area contributed by atoms with Gasteiger partial charge in [0.05, 0.1) is 0 Å². The van der Waals surface area contributed by atoms with Crippen molar-refractivity contribution in [2.24, 2.45) is 0 Å². The van der Waals surface area contributed by atoms with Crippen LogP contribution in [0.5, 0.6) is 0 Å². The molecule has 0 N–H and O–H groups in total. The summed E-state index contributed by atoms with van der Waals surface area (Å²) in [6.07, 6.45) is 5.62. The van der Waals surface area contributed by atoms with E-state index in [1.165, 1.54) is 17.4 Å². The second kappa shape index (κ2) is 0.627. The maximum Gasteiger partial charge on any atom is 0.156 e. The van der Waals surface area contributed by atoms with E-state index in [0.717, 1.165) is 0 Å². The lowest BCUT2D eigenvalue weighted by atomic mass is 9.75. The SMILES string of the molecule is [B]1CC=C2C=C12. The Labute approximate surface area is 37.8 Å². The van der Waals surface area contributed by atoms with E-state index in [2.05, 4.69) is 19.4 Å². The van der Waals surface area contributed by atoms with Gasteiger partial charge in [0, 0.05) is 0 Å². The number of hydrogen-bond acceptors (Lipinski definition) is 0. The van der Waals surface area contributed by atoms with Crippen molar-refractivity contribution < 1.29 is 0 Å². The smallest absolute Gasteiger partial charge is 0.0852 e. The Morgan fingerprint density at radius 1 is 1.67 bits per heavy atom. The fourth-order valence-corrected chi connectivity index (χ4v) is 0.798. The fourth-order valence-electron chi connectivity index (χ4n) is 0.798. The molecule has 6 heavy (non-hydrogen) atoms. The van der Waals surface area contributed by atoms with Crippen LogP contribution in [0.25, 0.3) is 0 Å². The lowest BCUT2D eigenvalue weighted by Gasteiger charge is -1.66. The van der Waals surface area contributed by atoms with Crippen molar-refractivity contribution in [2.75, 3.05) is 0 Å². The lowest BCUT2D eigenvalue weighted by molar-refractivity contribution is 1.72. The van der Waals surface area contributed by atoms with Gasteiger partial charge in [0.15, 0.2) is 7.28 Å². The molecule has 0 saturated carbocycles. The maximum atomic E-state index is 2.25. The Bertz CT molecular complexity index is 139. The van der Waals surface area contributed by atoms with Crippen molar-refractivity contribution in [1.82, 2.24) is 0 Å². The quantitative estimate of drug-likeness (QED) is 0.376. The molecule has 0 fully saturated rings. The molecule has 1 aliphatic carbocycles. The van der Waals surface area contributed by atoms with Gasteiger partial charge in [-0.3, -0.25) is 0 Å². The Kier molecular flexibility index (Phi) is 0.279. The van der Waals surface area contributed by atoms with E-state index in [9.17, 15) is 0 Å². The molecule has 1 heterocycles. The summed E-state index contributed by atoms with van der Waals surface area (Å²) in [5.41, 5.74) is 2.96. The summed E-state index contributed by atoms with van der Waals surface area (Å²) in [5.74, 6) is 0. The van der Waals surface area contributed by atoms with Crippen LogP contribution in [0.2, 0.25) is 6.32 Å². The average Bonchev–Trinajstić information content (AvgIpc) is 2.17. The number of fused-ring (bicyclic) bond motifs is 1. The summed E-state index contributed by atoms with van der Waals surface area (Å²) < 4.78 is 0. The van der Waals surface area contributed by atoms with Crippen molar-refractivity contribution in [3.63, 3.8) is 0 Å². The van der Waals surface area contributed by atoms with E-state index >= 15 is 0 Å². The van der Waals surface area contributed by atoms with Gasteiger partial charge >= 0.3 is 0 Å². The summed E-state index contributed by atoms with van der Waals surface area (Å²) in [4.78, 5) is 0. The zero-order valence-corrected chi connectivity index (χ0v) is 3.44. The van der Waals surface area contributed by atoms with Crippen LogP contribution < -0.4 is 0 Å². The molecule has 2 aliphatic rings. The number of hydrogen-bond donors (Lipinski definition) is 0. The molecule has 0 atom stereocenters.